The predicted molar refractivity (Wildman–Crippen MR) is 64.4 cm³/mol. The van der Waals surface area contributed by atoms with Crippen LogP contribution in [0.3, 0.4) is 0 Å². The summed E-state index contributed by atoms with van der Waals surface area (Å²) in [4.78, 5) is 43.5. The summed E-state index contributed by atoms with van der Waals surface area (Å²) in [5.41, 5.74) is 0. The van der Waals surface area contributed by atoms with Crippen LogP contribution in [0, 0.1) is 0 Å². The van der Waals surface area contributed by atoms with Crippen LogP contribution in [0.15, 0.2) is 0 Å². The molecule has 0 aromatic rings. The lowest BCUT2D eigenvalue weighted by atomic mass is 10.0. The van der Waals surface area contributed by atoms with E-state index in [1.807, 2.05) is 0 Å². The Kier molecular flexibility index (Phi) is 7.90. The Hall–Kier alpha value is -2.16. The van der Waals surface area contributed by atoms with Gasteiger partial charge in [-0.15, -0.1) is 0 Å². The third-order valence-corrected chi connectivity index (χ3v) is 2.53. The molecular weight excluding hydrogens is 274 g/mol. The Morgan fingerprint density at radius 3 is 1.65 bits per heavy atom. The summed E-state index contributed by atoms with van der Waals surface area (Å²) >= 11 is 0. The molecule has 0 aliphatic heterocycles. The summed E-state index contributed by atoms with van der Waals surface area (Å²) in [6, 6.07) is -0.834. The van der Waals surface area contributed by atoms with Crippen LogP contribution >= 0.6 is 0 Å². The zero-order valence-corrected chi connectivity index (χ0v) is 10.7. The van der Waals surface area contributed by atoms with Crippen molar-refractivity contribution in [3.05, 3.63) is 0 Å². The smallest absolute Gasteiger partial charge is 0.317 e. The van der Waals surface area contributed by atoms with Gasteiger partial charge in [-0.2, -0.15) is 0 Å². The summed E-state index contributed by atoms with van der Waals surface area (Å²) in [7, 11) is 0. The molecule has 0 fully saturated rings. The fourth-order valence-corrected chi connectivity index (χ4v) is 1.77. The van der Waals surface area contributed by atoms with Gasteiger partial charge in [-0.25, -0.2) is 0 Å². The van der Waals surface area contributed by atoms with Gasteiger partial charge in [0.05, 0.1) is 19.5 Å². The number of carbonyl (C=O) groups is 4. The highest BCUT2D eigenvalue weighted by molar-refractivity contribution is 5.73. The highest BCUT2D eigenvalue weighted by Crippen LogP contribution is 2.13. The number of carboxylic acids is 4. The van der Waals surface area contributed by atoms with Crippen LogP contribution in [0.25, 0.3) is 0 Å². The van der Waals surface area contributed by atoms with Gasteiger partial charge in [0.2, 0.25) is 0 Å². The lowest BCUT2D eigenvalue weighted by molar-refractivity contribution is -0.146. The van der Waals surface area contributed by atoms with Crippen LogP contribution in [0.2, 0.25) is 0 Å². The van der Waals surface area contributed by atoms with Crippen molar-refractivity contribution in [2.75, 3.05) is 13.1 Å². The molecule has 9 nitrogen and oxygen atoms in total. The second-order valence-electron chi connectivity index (χ2n) is 4.23. The van der Waals surface area contributed by atoms with E-state index >= 15 is 0 Å². The van der Waals surface area contributed by atoms with Crippen molar-refractivity contribution in [3.8, 4) is 0 Å². The van der Waals surface area contributed by atoms with E-state index < -0.39 is 49.4 Å². The van der Waals surface area contributed by atoms with E-state index in [4.69, 9.17) is 20.4 Å². The molecule has 1 atom stereocenters. The zero-order valence-electron chi connectivity index (χ0n) is 10.7. The van der Waals surface area contributed by atoms with Gasteiger partial charge in [0.15, 0.2) is 0 Å². The Morgan fingerprint density at radius 2 is 1.30 bits per heavy atom. The summed E-state index contributed by atoms with van der Waals surface area (Å²) in [6.45, 7) is -1.23. The first-order chi connectivity index (χ1) is 9.22. The Balaban J connectivity index is 4.78. The Bertz CT molecular complexity index is 365. The van der Waals surface area contributed by atoms with Gasteiger partial charge in [-0.3, -0.25) is 24.1 Å². The third kappa shape index (κ3) is 8.86. The van der Waals surface area contributed by atoms with Gasteiger partial charge in [0, 0.05) is 12.5 Å². The molecule has 0 radical (unpaired) electrons. The molecular formula is C11H17NO8. The maximum Gasteiger partial charge on any atom is 0.317 e. The van der Waals surface area contributed by atoms with Crippen LogP contribution in [-0.2, 0) is 19.2 Å². The minimum Gasteiger partial charge on any atom is -0.481 e. The van der Waals surface area contributed by atoms with Crippen molar-refractivity contribution in [1.82, 2.24) is 4.90 Å². The minimum absolute atomic E-state index is 0.0964. The van der Waals surface area contributed by atoms with Crippen molar-refractivity contribution in [2.45, 2.75) is 31.7 Å². The van der Waals surface area contributed by atoms with E-state index in [-0.39, 0.29) is 19.3 Å². The second kappa shape index (κ2) is 8.86. The molecule has 0 aliphatic carbocycles. The second-order valence-corrected chi connectivity index (χ2v) is 4.23. The molecule has 0 aromatic carbocycles. The molecule has 0 saturated carbocycles. The van der Waals surface area contributed by atoms with Crippen LogP contribution in [0.1, 0.15) is 25.7 Å². The normalized spacial score (nSPS) is 12.1. The van der Waals surface area contributed by atoms with Crippen molar-refractivity contribution in [1.29, 1.82) is 0 Å². The molecule has 0 bridgehead atoms. The number of aliphatic carboxylic acids is 4. The maximum atomic E-state index is 10.7. The molecule has 0 saturated heterocycles. The van der Waals surface area contributed by atoms with Crippen molar-refractivity contribution in [2.24, 2.45) is 0 Å². The average molecular weight is 291 g/mol. The number of carboxylic acid groups (broad SMARTS) is 4. The van der Waals surface area contributed by atoms with Gasteiger partial charge in [-0.05, 0) is 12.8 Å². The molecule has 1 unspecified atom stereocenters. The summed E-state index contributed by atoms with van der Waals surface area (Å²) in [5.74, 6) is -4.81. The summed E-state index contributed by atoms with van der Waals surface area (Å²) < 4.78 is 0. The van der Waals surface area contributed by atoms with Crippen molar-refractivity contribution < 1.29 is 39.6 Å². The number of hydrogen-bond donors (Lipinski definition) is 4. The maximum absolute atomic E-state index is 10.7. The minimum atomic E-state index is -1.28. The van der Waals surface area contributed by atoms with Gasteiger partial charge in [-0.1, -0.05) is 0 Å². The molecule has 9 heteroatoms. The molecule has 0 rings (SSSR count). The number of rotatable bonds is 11. The third-order valence-electron chi connectivity index (χ3n) is 2.53. The predicted octanol–water partition coefficient (Wildman–Crippen LogP) is -0.444. The van der Waals surface area contributed by atoms with Crippen LogP contribution in [0.4, 0.5) is 0 Å². The zero-order chi connectivity index (χ0) is 15.7. The number of hydrogen-bond acceptors (Lipinski definition) is 5. The first-order valence-electron chi connectivity index (χ1n) is 5.83. The summed E-state index contributed by atoms with van der Waals surface area (Å²) in [6.07, 6.45) is -0.396. The fourth-order valence-electron chi connectivity index (χ4n) is 1.77. The van der Waals surface area contributed by atoms with E-state index in [1.165, 1.54) is 0 Å². The summed E-state index contributed by atoms with van der Waals surface area (Å²) in [5, 5.41) is 34.7. The van der Waals surface area contributed by atoms with Crippen molar-refractivity contribution in [3.63, 3.8) is 0 Å². The lowest BCUT2D eigenvalue weighted by Crippen LogP contribution is -2.43. The lowest BCUT2D eigenvalue weighted by Gasteiger charge is -2.27. The van der Waals surface area contributed by atoms with Gasteiger partial charge in [0.25, 0.3) is 0 Å². The van der Waals surface area contributed by atoms with E-state index in [1.54, 1.807) is 0 Å². The molecule has 0 aliphatic rings. The Labute approximate surface area is 114 Å². The Morgan fingerprint density at radius 1 is 0.800 bits per heavy atom. The molecule has 114 valence electrons. The largest absolute Gasteiger partial charge is 0.481 e. The SMILES string of the molecule is O=C(O)CCCC(CC(=O)O)N(CC(=O)O)CC(=O)O. The van der Waals surface area contributed by atoms with Gasteiger partial charge >= 0.3 is 23.9 Å². The van der Waals surface area contributed by atoms with E-state index in [0.717, 1.165) is 4.90 Å². The topological polar surface area (TPSA) is 152 Å². The van der Waals surface area contributed by atoms with E-state index in [2.05, 4.69) is 0 Å². The molecule has 4 N–H and O–H groups in total. The van der Waals surface area contributed by atoms with Crippen LogP contribution in [-0.4, -0.2) is 68.3 Å². The first kappa shape index (κ1) is 17.8. The molecule has 0 aromatic heterocycles. The van der Waals surface area contributed by atoms with E-state index in [0.29, 0.717) is 0 Å². The van der Waals surface area contributed by atoms with Gasteiger partial charge in [0.1, 0.15) is 0 Å². The highest BCUT2D eigenvalue weighted by atomic mass is 16.4. The molecule has 0 spiro atoms. The molecule has 20 heavy (non-hydrogen) atoms. The van der Waals surface area contributed by atoms with Crippen molar-refractivity contribution >= 4 is 23.9 Å². The number of nitrogens with zero attached hydrogens (tertiary/aromatic N) is 1. The highest BCUT2D eigenvalue weighted by Gasteiger charge is 2.25. The van der Waals surface area contributed by atoms with Gasteiger partial charge < -0.3 is 20.4 Å². The average Bonchev–Trinajstić information content (AvgIpc) is 2.24. The standard InChI is InChI=1S/C11H17NO8/c13-8(14)3-1-2-7(4-9(15)16)12(5-10(17)18)6-11(19)20/h7H,1-6H2,(H,13,14)(H,15,16)(H,17,18)(H,19,20). The molecule has 0 heterocycles. The molecule has 0 amide bonds. The monoisotopic (exact) mass is 291 g/mol. The van der Waals surface area contributed by atoms with Crippen LogP contribution in [0.5, 0.6) is 0 Å². The van der Waals surface area contributed by atoms with Crippen LogP contribution < -0.4 is 0 Å². The first-order valence-corrected chi connectivity index (χ1v) is 5.83. The van der Waals surface area contributed by atoms with E-state index in [9.17, 15) is 19.2 Å². The quantitative estimate of drug-likeness (QED) is 0.396. The fraction of sp³-hybridized carbons (Fsp3) is 0.636.